The minimum Gasteiger partial charge on any atom is -0.497 e. The number of aliphatic hydroxyl groups is 1. The summed E-state index contributed by atoms with van der Waals surface area (Å²) in [5.74, 6) is 0.807. The molecular weight excluding hydrogens is 166 g/mol. The molecule has 3 heteroatoms. The van der Waals surface area contributed by atoms with E-state index >= 15 is 0 Å². The lowest BCUT2D eigenvalue weighted by molar-refractivity contribution is 0.283. The van der Waals surface area contributed by atoms with Crippen LogP contribution >= 0.6 is 0 Å². The molecule has 1 aromatic heterocycles. The van der Waals surface area contributed by atoms with E-state index in [9.17, 15) is 0 Å². The van der Waals surface area contributed by atoms with Crippen LogP contribution in [0.5, 0.6) is 5.75 Å². The van der Waals surface area contributed by atoms with E-state index < -0.39 is 0 Å². The van der Waals surface area contributed by atoms with Gasteiger partial charge in [0.05, 0.1) is 13.7 Å². The van der Waals surface area contributed by atoms with Crippen molar-refractivity contribution in [3.8, 4) is 5.75 Å². The summed E-state index contributed by atoms with van der Waals surface area (Å²) >= 11 is 0. The lowest BCUT2D eigenvalue weighted by Gasteiger charge is -1.99. The van der Waals surface area contributed by atoms with Gasteiger partial charge in [0.1, 0.15) is 5.75 Å². The molecule has 0 saturated heterocycles. The molecule has 2 rings (SSSR count). The summed E-state index contributed by atoms with van der Waals surface area (Å²) in [5, 5.41) is 10.0. The molecule has 68 valence electrons. The number of rotatable bonds is 2. The molecule has 0 amide bonds. The lowest BCUT2D eigenvalue weighted by Crippen LogP contribution is -1.83. The summed E-state index contributed by atoms with van der Waals surface area (Å²) in [6.07, 6.45) is 1.81. The molecule has 13 heavy (non-hydrogen) atoms. The van der Waals surface area contributed by atoms with E-state index in [0.717, 1.165) is 22.2 Å². The lowest BCUT2D eigenvalue weighted by atomic mass is 10.2. The molecule has 0 aliphatic heterocycles. The van der Waals surface area contributed by atoms with E-state index in [1.165, 1.54) is 0 Å². The minimum absolute atomic E-state index is 0.0488. The molecule has 0 saturated carbocycles. The van der Waals surface area contributed by atoms with Crippen LogP contribution in [0.15, 0.2) is 24.4 Å². The molecule has 3 nitrogen and oxygen atoms in total. The van der Waals surface area contributed by atoms with Gasteiger partial charge in [0.25, 0.3) is 0 Å². The number of aromatic nitrogens is 1. The maximum atomic E-state index is 9.03. The molecular formula is C10H11NO2. The Balaban J connectivity index is 2.64. The summed E-state index contributed by atoms with van der Waals surface area (Å²) in [6.45, 7) is 0.0488. The highest BCUT2D eigenvalue weighted by Gasteiger charge is 2.02. The maximum absolute atomic E-state index is 9.03. The topological polar surface area (TPSA) is 45.2 Å². The average Bonchev–Trinajstić information content (AvgIpc) is 2.59. The van der Waals surface area contributed by atoms with E-state index in [4.69, 9.17) is 9.84 Å². The van der Waals surface area contributed by atoms with Crippen molar-refractivity contribution in [1.29, 1.82) is 0 Å². The number of ether oxygens (including phenoxy) is 1. The molecule has 1 heterocycles. The molecule has 0 radical (unpaired) electrons. The zero-order chi connectivity index (χ0) is 9.26. The van der Waals surface area contributed by atoms with Crippen molar-refractivity contribution in [2.24, 2.45) is 0 Å². The first-order valence-corrected chi connectivity index (χ1v) is 4.10. The van der Waals surface area contributed by atoms with Crippen LogP contribution in [-0.4, -0.2) is 17.2 Å². The van der Waals surface area contributed by atoms with Crippen molar-refractivity contribution in [2.75, 3.05) is 7.11 Å². The Morgan fingerprint density at radius 1 is 1.46 bits per heavy atom. The van der Waals surface area contributed by atoms with Crippen LogP contribution in [-0.2, 0) is 6.61 Å². The monoisotopic (exact) mass is 177 g/mol. The molecule has 0 aliphatic carbocycles. The molecule has 0 spiro atoms. The highest BCUT2D eigenvalue weighted by atomic mass is 16.5. The van der Waals surface area contributed by atoms with E-state index in [-0.39, 0.29) is 6.61 Å². The number of H-pyrrole nitrogens is 1. The van der Waals surface area contributed by atoms with Crippen molar-refractivity contribution in [1.82, 2.24) is 4.98 Å². The van der Waals surface area contributed by atoms with Gasteiger partial charge in [-0.1, -0.05) is 0 Å². The number of methoxy groups -OCH3 is 1. The van der Waals surface area contributed by atoms with E-state index in [1.54, 1.807) is 7.11 Å². The smallest absolute Gasteiger partial charge is 0.119 e. The number of aromatic amines is 1. The second-order valence-corrected chi connectivity index (χ2v) is 2.88. The predicted octanol–water partition coefficient (Wildman–Crippen LogP) is 1.67. The predicted molar refractivity (Wildman–Crippen MR) is 50.8 cm³/mol. The van der Waals surface area contributed by atoms with E-state index in [1.807, 2.05) is 24.4 Å². The van der Waals surface area contributed by atoms with Gasteiger partial charge in [0, 0.05) is 22.7 Å². The van der Waals surface area contributed by atoms with E-state index in [2.05, 4.69) is 4.98 Å². The third-order valence-electron chi connectivity index (χ3n) is 2.14. The Bertz CT molecular complexity index is 420. The largest absolute Gasteiger partial charge is 0.497 e. The van der Waals surface area contributed by atoms with Gasteiger partial charge in [-0.3, -0.25) is 0 Å². The summed E-state index contributed by atoms with van der Waals surface area (Å²) in [7, 11) is 1.63. The number of fused-ring (bicyclic) bond motifs is 1. The summed E-state index contributed by atoms with van der Waals surface area (Å²) in [6, 6.07) is 5.74. The van der Waals surface area contributed by atoms with Gasteiger partial charge in [-0.05, 0) is 18.2 Å². The second-order valence-electron chi connectivity index (χ2n) is 2.88. The number of benzene rings is 1. The molecule has 2 N–H and O–H groups in total. The summed E-state index contributed by atoms with van der Waals surface area (Å²) in [5.41, 5.74) is 1.92. The highest BCUT2D eigenvalue weighted by molar-refractivity contribution is 5.84. The first-order valence-electron chi connectivity index (χ1n) is 4.10. The number of hydrogen-bond donors (Lipinski definition) is 2. The zero-order valence-electron chi connectivity index (χ0n) is 7.37. The molecule has 0 unspecified atom stereocenters. The number of aliphatic hydroxyl groups excluding tert-OH is 1. The van der Waals surface area contributed by atoms with Crippen molar-refractivity contribution in [3.05, 3.63) is 30.0 Å². The molecule has 0 aliphatic rings. The van der Waals surface area contributed by atoms with Crippen LogP contribution < -0.4 is 4.74 Å². The Hall–Kier alpha value is -1.48. The summed E-state index contributed by atoms with van der Waals surface area (Å²) in [4.78, 5) is 3.07. The SMILES string of the molecule is COc1ccc2[nH]cc(CO)c2c1. The van der Waals surface area contributed by atoms with Crippen molar-refractivity contribution >= 4 is 10.9 Å². The Labute approximate surface area is 76.0 Å². The van der Waals surface area contributed by atoms with Crippen molar-refractivity contribution in [2.45, 2.75) is 6.61 Å². The molecule has 0 fully saturated rings. The normalized spacial score (nSPS) is 10.6. The van der Waals surface area contributed by atoms with Crippen molar-refractivity contribution < 1.29 is 9.84 Å². The Morgan fingerprint density at radius 2 is 2.31 bits per heavy atom. The number of nitrogens with one attached hydrogen (secondary N) is 1. The average molecular weight is 177 g/mol. The zero-order valence-corrected chi connectivity index (χ0v) is 7.37. The third-order valence-corrected chi connectivity index (χ3v) is 2.14. The standard InChI is InChI=1S/C10H11NO2/c1-13-8-2-3-10-9(4-8)7(6-12)5-11-10/h2-5,11-12H,6H2,1H3. The van der Waals surface area contributed by atoms with Gasteiger partial charge in [0.2, 0.25) is 0 Å². The van der Waals surface area contributed by atoms with Gasteiger partial charge in [-0.25, -0.2) is 0 Å². The Morgan fingerprint density at radius 3 is 3.00 bits per heavy atom. The van der Waals surface area contributed by atoms with E-state index in [0.29, 0.717) is 0 Å². The second kappa shape index (κ2) is 3.11. The van der Waals surface area contributed by atoms with Crippen LogP contribution in [0.25, 0.3) is 10.9 Å². The fourth-order valence-corrected chi connectivity index (χ4v) is 1.42. The third kappa shape index (κ3) is 1.27. The number of hydrogen-bond acceptors (Lipinski definition) is 2. The van der Waals surface area contributed by atoms with Gasteiger partial charge in [-0.15, -0.1) is 0 Å². The molecule has 0 bridgehead atoms. The van der Waals surface area contributed by atoms with Crippen LogP contribution in [0.2, 0.25) is 0 Å². The molecule has 2 aromatic rings. The summed E-state index contributed by atoms with van der Waals surface area (Å²) < 4.78 is 5.10. The van der Waals surface area contributed by atoms with Gasteiger partial charge in [0.15, 0.2) is 0 Å². The Kier molecular flexibility index (Phi) is 1.94. The van der Waals surface area contributed by atoms with Crippen LogP contribution in [0.3, 0.4) is 0 Å². The fraction of sp³-hybridized carbons (Fsp3) is 0.200. The highest BCUT2D eigenvalue weighted by Crippen LogP contribution is 2.23. The van der Waals surface area contributed by atoms with Gasteiger partial charge >= 0.3 is 0 Å². The fourth-order valence-electron chi connectivity index (χ4n) is 1.42. The first-order chi connectivity index (χ1) is 6.35. The molecule has 0 atom stereocenters. The molecule has 1 aromatic carbocycles. The van der Waals surface area contributed by atoms with Crippen LogP contribution in [0, 0.1) is 0 Å². The van der Waals surface area contributed by atoms with Gasteiger partial charge in [-0.2, -0.15) is 0 Å². The van der Waals surface area contributed by atoms with Crippen LogP contribution in [0.4, 0.5) is 0 Å². The maximum Gasteiger partial charge on any atom is 0.119 e. The quantitative estimate of drug-likeness (QED) is 0.732. The minimum atomic E-state index is 0.0488. The van der Waals surface area contributed by atoms with Crippen molar-refractivity contribution in [3.63, 3.8) is 0 Å². The van der Waals surface area contributed by atoms with Gasteiger partial charge < -0.3 is 14.8 Å². The first kappa shape index (κ1) is 8.13. The van der Waals surface area contributed by atoms with Crippen LogP contribution in [0.1, 0.15) is 5.56 Å².